The van der Waals surface area contributed by atoms with Crippen molar-refractivity contribution in [2.24, 2.45) is 0 Å². The van der Waals surface area contributed by atoms with Crippen LogP contribution in [0.15, 0.2) is 413 Å². The minimum Gasteiger partial charge on any atom is -0.456 e. The summed E-state index contributed by atoms with van der Waals surface area (Å²) in [6.45, 7) is 2.10. The van der Waals surface area contributed by atoms with Gasteiger partial charge in [0.15, 0.2) is 17.2 Å². The zero-order valence-electron chi connectivity index (χ0n) is 76.5. The molecular formula is C128H66FN5O7S4. The molecule has 0 atom stereocenters. The van der Waals surface area contributed by atoms with Crippen LogP contribution < -0.4 is 0 Å². The number of furan rings is 5. The van der Waals surface area contributed by atoms with E-state index >= 15 is 0 Å². The summed E-state index contributed by atoms with van der Waals surface area (Å²) in [6, 6.07) is 131. The van der Waals surface area contributed by atoms with Crippen molar-refractivity contribution in [2.75, 3.05) is 0 Å². The van der Waals surface area contributed by atoms with Crippen LogP contribution >= 0.6 is 45.3 Å². The Kier molecular flexibility index (Phi) is 17.1. The summed E-state index contributed by atoms with van der Waals surface area (Å²) < 4.78 is 70.7. The number of halogens is 1. The van der Waals surface area contributed by atoms with Crippen LogP contribution in [0.4, 0.5) is 4.39 Å². The van der Waals surface area contributed by atoms with Gasteiger partial charge in [0.2, 0.25) is 0 Å². The Bertz CT molecular complexity index is 11400. The van der Waals surface area contributed by atoms with Crippen LogP contribution in [0, 0.1) is 12.7 Å². The van der Waals surface area contributed by atoms with Gasteiger partial charge in [-0.3, -0.25) is 0 Å². The molecule has 12 nitrogen and oxygen atoms in total. The molecule has 0 unspecified atom stereocenters. The first-order valence-corrected chi connectivity index (χ1v) is 51.3. The Labute approximate surface area is 835 Å². The first-order valence-electron chi connectivity index (χ1n) is 48.0. The highest BCUT2D eigenvalue weighted by molar-refractivity contribution is 7.30. The molecule has 0 aliphatic carbocycles. The third-order valence-corrected chi connectivity index (χ3v) is 33.7. The van der Waals surface area contributed by atoms with E-state index in [9.17, 15) is 4.39 Å². The van der Waals surface area contributed by atoms with Crippen molar-refractivity contribution >= 4 is 280 Å². The van der Waals surface area contributed by atoms with E-state index in [1.807, 2.05) is 143 Å². The number of thiophene rings is 3. The second kappa shape index (κ2) is 30.7. The van der Waals surface area contributed by atoms with Gasteiger partial charge in [-0.1, -0.05) is 236 Å². The number of hydrogen-bond acceptors (Lipinski definition) is 16. The molecular weight excluding hydrogens is 1870 g/mol. The molecule has 0 aliphatic heterocycles. The summed E-state index contributed by atoms with van der Waals surface area (Å²) >= 11 is 7.32. The van der Waals surface area contributed by atoms with Crippen LogP contribution in [0.3, 0.4) is 0 Å². The third-order valence-electron chi connectivity index (χ3n) is 29.0. The van der Waals surface area contributed by atoms with Crippen molar-refractivity contribution in [1.29, 1.82) is 0 Å². The van der Waals surface area contributed by atoms with E-state index < -0.39 is 0 Å². The first kappa shape index (κ1) is 80.7. The molecule has 0 saturated heterocycles. The van der Waals surface area contributed by atoms with Crippen LogP contribution in [-0.2, 0) is 0 Å². The molecule has 0 spiro atoms. The average Bonchev–Trinajstić information content (AvgIpc) is 1.54. The quantitative estimate of drug-likeness (QED) is 0.135. The summed E-state index contributed by atoms with van der Waals surface area (Å²) in [5, 5.41) is 24.1. The molecule has 0 bridgehead atoms. The fourth-order valence-corrected chi connectivity index (χ4v) is 27.5. The highest BCUT2D eigenvalue weighted by Crippen LogP contribution is 2.56. The zero-order chi connectivity index (χ0) is 94.8. The van der Waals surface area contributed by atoms with Crippen LogP contribution in [0.1, 0.15) is 5.56 Å². The van der Waals surface area contributed by atoms with Crippen molar-refractivity contribution in [3.8, 4) is 101 Å². The highest BCUT2D eigenvalue weighted by atomic mass is 32.1. The van der Waals surface area contributed by atoms with Gasteiger partial charge in [-0.2, -0.15) is 0 Å². The normalized spacial score (nSPS) is 12.3. The Morgan fingerprint density at radius 2 is 0.641 bits per heavy atom. The van der Waals surface area contributed by atoms with Gasteiger partial charge < -0.3 is 30.9 Å². The molecule has 145 heavy (non-hydrogen) atoms. The van der Waals surface area contributed by atoms with E-state index in [1.165, 1.54) is 99.8 Å². The Morgan fingerprint density at radius 3 is 1.33 bits per heavy atom. The lowest BCUT2D eigenvalue weighted by Gasteiger charge is -2.12. The fraction of sp³-hybridized carbons (Fsp3) is 0.00781. The number of hydrogen-bond donors (Lipinski definition) is 0. The smallest absolute Gasteiger partial charge is 0.160 e. The topological polar surface area (TPSA) is 156 Å². The van der Waals surface area contributed by atoms with Crippen LogP contribution in [-0.4, -0.2) is 24.9 Å². The second-order valence-corrected chi connectivity index (χ2v) is 41.8. The SMILES string of the molecule is Cc1ccc(-c2nc(-c3cc4oc5ccc6sc7cc8ccccc8c8sc(c3)c4c5c6c78)cc(-c3cccc4ccccc34)n2)cc1.Fc1ccc2c(c1)cc1oc3ccc4oc5cc(-c6cc(-c7ccccc7)nc(-c7ccccc7)n6)cc6oc2c1c3c4c56.c1ccc(-c2cc(-c3cc4oc5ccc6sc7cc8ccccc8c8oc(c3)c4c5c6c78)nc(-c3cccc4c3sc3c5ccccc5oc43)c2)cc1. The molecule has 676 valence electrons. The minimum absolute atomic E-state index is 0.316. The fourth-order valence-electron chi connectivity index (χ4n) is 22.5. The molecule has 14 heterocycles. The first-order chi connectivity index (χ1) is 71.6. The molecule has 20 aromatic carbocycles. The van der Waals surface area contributed by atoms with Gasteiger partial charge in [0.1, 0.15) is 78.4 Å². The summed E-state index contributed by atoms with van der Waals surface area (Å²) in [6.07, 6.45) is 0. The van der Waals surface area contributed by atoms with E-state index in [4.69, 9.17) is 55.8 Å². The Hall–Kier alpha value is -18.1. The largest absolute Gasteiger partial charge is 0.456 e. The van der Waals surface area contributed by atoms with Gasteiger partial charge in [-0.05, 0) is 202 Å². The number of aryl methyl sites for hydroxylation is 1. The Morgan fingerprint density at radius 1 is 0.193 bits per heavy atom. The van der Waals surface area contributed by atoms with E-state index in [1.54, 1.807) is 17.4 Å². The number of rotatable bonds is 9. The van der Waals surface area contributed by atoms with E-state index in [0.29, 0.717) is 39.4 Å². The highest BCUT2D eigenvalue weighted by Gasteiger charge is 2.31. The number of nitrogens with zero attached hydrogens (tertiary/aromatic N) is 5. The van der Waals surface area contributed by atoms with Crippen LogP contribution in [0.5, 0.6) is 0 Å². The van der Waals surface area contributed by atoms with Crippen molar-refractivity contribution in [3.05, 3.63) is 394 Å². The van der Waals surface area contributed by atoms with Crippen molar-refractivity contribution < 1.29 is 35.3 Å². The van der Waals surface area contributed by atoms with Crippen LogP contribution in [0.2, 0.25) is 0 Å². The number of pyridine rings is 1. The molecule has 34 aromatic rings. The molecule has 14 aromatic heterocycles. The van der Waals surface area contributed by atoms with Crippen molar-refractivity contribution in [2.45, 2.75) is 6.92 Å². The standard InChI is InChI=1S/C47H23NO3S2.C43H24N2OS2.C38H19FN2O3/c1-2-9-24(10-3-1)26-19-32(48-33(20-26)29-14-8-15-31-45-47(53-46(29)31)30-13-6-7-16-34(30)50-45)27-21-36-40-37(22-27)51-44-28-12-5-4-11-25(28)23-39-43(44)42-38(52-39)18-17-35(49-36)41(40)42;1-23-13-15-25(16-14-23)43-44-31(22-32(45-43)30-12-6-9-24-7-2-4-10-28(24)30)27-19-34-38-36(21-27)48-42-29-11-5-3-8-26(29)20-37-41(42)40-35(47-37)18-17-33(46-34)39(38)40;39-24-11-12-25-22(15-24)16-32-36-35-29(43-32)14-13-28-34(35)33-30(42-28)17-23(18-31(33)44-37(25)36)27-19-26(20-7-3-1-4-8-20)40-38(41-27)21-9-5-2-6-10-21/h1-23H;2-22H,1H3;1-19H. The molecule has 0 N–H and O–H groups in total. The number of aromatic nitrogens is 5. The van der Waals surface area contributed by atoms with Gasteiger partial charge in [0.05, 0.1) is 55.0 Å². The van der Waals surface area contributed by atoms with E-state index in [-0.39, 0.29) is 5.82 Å². The molecule has 34 rings (SSSR count). The molecule has 0 aliphatic rings. The maximum absolute atomic E-state index is 14.3. The summed E-state index contributed by atoms with van der Waals surface area (Å²) in [4.78, 5) is 25.8. The Balaban J connectivity index is 0.0000000976. The molecule has 17 heteroatoms. The van der Waals surface area contributed by atoms with Crippen LogP contribution in [0.25, 0.3) is 336 Å². The lowest BCUT2D eigenvalue weighted by Crippen LogP contribution is -1.96. The predicted molar refractivity (Wildman–Crippen MR) is 598 cm³/mol. The number of fused-ring (bicyclic) bond motifs is 12. The van der Waals surface area contributed by atoms with Gasteiger partial charge in [-0.25, -0.2) is 29.3 Å². The predicted octanol–water partition coefficient (Wildman–Crippen LogP) is 38.6. The average molecular weight is 1930 g/mol. The van der Waals surface area contributed by atoms with E-state index in [2.05, 4.69) is 262 Å². The van der Waals surface area contributed by atoms with Gasteiger partial charge in [0.25, 0.3) is 0 Å². The van der Waals surface area contributed by atoms with Gasteiger partial charge in [-0.15, -0.1) is 45.3 Å². The third kappa shape index (κ3) is 12.3. The molecule has 0 amide bonds. The van der Waals surface area contributed by atoms with Crippen molar-refractivity contribution in [1.82, 2.24) is 24.9 Å². The lowest BCUT2D eigenvalue weighted by atomic mass is 9.98. The summed E-state index contributed by atoms with van der Waals surface area (Å²) in [5.74, 6) is 1.02. The molecule has 0 fully saturated rings. The maximum atomic E-state index is 14.3. The molecule has 0 radical (unpaired) electrons. The number of benzene rings is 20. The van der Waals surface area contributed by atoms with Gasteiger partial charge in [0, 0.05) is 147 Å². The van der Waals surface area contributed by atoms with Crippen molar-refractivity contribution in [3.63, 3.8) is 0 Å². The monoisotopic (exact) mass is 1930 g/mol. The molecule has 0 saturated carbocycles. The zero-order valence-corrected chi connectivity index (χ0v) is 79.7. The van der Waals surface area contributed by atoms with Gasteiger partial charge >= 0.3 is 0 Å². The number of para-hydroxylation sites is 1. The summed E-state index contributed by atoms with van der Waals surface area (Å²) in [5.41, 5.74) is 27.4. The summed E-state index contributed by atoms with van der Waals surface area (Å²) in [7, 11) is 0. The second-order valence-electron chi connectivity index (χ2n) is 37.5. The maximum Gasteiger partial charge on any atom is 0.160 e. The lowest BCUT2D eigenvalue weighted by molar-refractivity contribution is 0.629. The minimum atomic E-state index is -0.316. The van der Waals surface area contributed by atoms with E-state index in [0.717, 1.165) is 214 Å².